The van der Waals surface area contributed by atoms with Gasteiger partial charge in [0.1, 0.15) is 5.82 Å². The Morgan fingerprint density at radius 3 is 2.48 bits per heavy atom. The van der Waals surface area contributed by atoms with E-state index in [9.17, 15) is 4.79 Å². The van der Waals surface area contributed by atoms with Gasteiger partial charge in [0.15, 0.2) is 0 Å². The highest BCUT2D eigenvalue weighted by atomic mass is 35.5. The summed E-state index contributed by atoms with van der Waals surface area (Å²) in [6, 6.07) is 13.8. The van der Waals surface area contributed by atoms with Gasteiger partial charge in [0.25, 0.3) is 5.91 Å². The first-order valence-electron chi connectivity index (χ1n) is 7.47. The average Bonchev–Trinajstić information content (AvgIpc) is 2.60. The number of aromatic nitrogens is 2. The zero-order chi connectivity index (χ0) is 17.6. The van der Waals surface area contributed by atoms with Crippen LogP contribution in [0.4, 0.5) is 11.5 Å². The molecule has 2 heterocycles. The number of hydrogen-bond acceptors (Lipinski definition) is 4. The Hall–Kier alpha value is -2.63. The maximum absolute atomic E-state index is 12.4. The first kappa shape index (κ1) is 17.2. The maximum atomic E-state index is 12.4. The molecule has 5 nitrogen and oxygen atoms in total. The van der Waals surface area contributed by atoms with Crippen LogP contribution in [0.25, 0.3) is 0 Å². The molecule has 0 saturated carbocycles. The van der Waals surface area contributed by atoms with Crippen molar-refractivity contribution in [3.8, 4) is 0 Å². The van der Waals surface area contributed by atoms with Crippen molar-refractivity contribution in [3.63, 3.8) is 0 Å². The smallest absolute Gasteiger partial charge is 0.255 e. The Morgan fingerprint density at radius 2 is 1.76 bits per heavy atom. The van der Waals surface area contributed by atoms with Crippen LogP contribution in [-0.4, -0.2) is 15.9 Å². The molecule has 7 heteroatoms. The van der Waals surface area contributed by atoms with Crippen molar-refractivity contribution < 1.29 is 4.79 Å². The molecule has 3 aromatic rings. The largest absolute Gasteiger partial charge is 0.364 e. The minimum Gasteiger partial charge on any atom is -0.364 e. The van der Waals surface area contributed by atoms with E-state index in [1.54, 1.807) is 42.7 Å². The van der Waals surface area contributed by atoms with Crippen molar-refractivity contribution in [2.75, 3.05) is 10.6 Å². The molecule has 0 fully saturated rings. The van der Waals surface area contributed by atoms with Gasteiger partial charge in [-0.2, -0.15) is 0 Å². The van der Waals surface area contributed by atoms with Gasteiger partial charge >= 0.3 is 0 Å². The summed E-state index contributed by atoms with van der Waals surface area (Å²) in [5.41, 5.74) is 1.88. The lowest BCUT2D eigenvalue weighted by Crippen LogP contribution is -2.13. The molecule has 0 unspecified atom stereocenters. The van der Waals surface area contributed by atoms with Crippen molar-refractivity contribution in [1.29, 1.82) is 0 Å². The number of benzene rings is 1. The number of nitrogens with zero attached hydrogens (tertiary/aromatic N) is 2. The first-order valence-corrected chi connectivity index (χ1v) is 8.23. The van der Waals surface area contributed by atoms with Crippen LogP contribution in [0, 0.1) is 0 Å². The van der Waals surface area contributed by atoms with Crippen LogP contribution in [-0.2, 0) is 6.54 Å². The Morgan fingerprint density at radius 1 is 0.960 bits per heavy atom. The maximum Gasteiger partial charge on any atom is 0.255 e. The van der Waals surface area contributed by atoms with Crippen LogP contribution in [0.1, 0.15) is 16.1 Å². The molecule has 0 atom stereocenters. The average molecular weight is 373 g/mol. The van der Waals surface area contributed by atoms with Gasteiger partial charge in [0.05, 0.1) is 12.2 Å². The van der Waals surface area contributed by atoms with Gasteiger partial charge in [-0.3, -0.25) is 9.78 Å². The summed E-state index contributed by atoms with van der Waals surface area (Å²) < 4.78 is 0. The van der Waals surface area contributed by atoms with Crippen molar-refractivity contribution >= 4 is 40.6 Å². The van der Waals surface area contributed by atoms with E-state index in [1.807, 2.05) is 18.2 Å². The highest BCUT2D eigenvalue weighted by Crippen LogP contribution is 2.23. The third kappa shape index (κ3) is 4.92. The second kappa shape index (κ2) is 7.96. The van der Waals surface area contributed by atoms with Crippen LogP contribution in [0.2, 0.25) is 10.0 Å². The summed E-state index contributed by atoms with van der Waals surface area (Å²) in [5.74, 6) is 0.309. The molecule has 126 valence electrons. The Balaban J connectivity index is 1.68. The van der Waals surface area contributed by atoms with Gasteiger partial charge in [0.2, 0.25) is 0 Å². The standard InChI is InChI=1S/C18H14Cl2N4O/c19-13-8-14(20)10-16(9-13)24-18(25)12-4-6-22-17(7-12)23-11-15-3-1-2-5-21-15/h1-10H,11H2,(H,22,23)(H,24,25). The fraction of sp³-hybridized carbons (Fsp3) is 0.0556. The normalized spacial score (nSPS) is 10.3. The fourth-order valence-corrected chi connectivity index (χ4v) is 2.71. The number of rotatable bonds is 5. The number of pyridine rings is 2. The van der Waals surface area contributed by atoms with Gasteiger partial charge in [-0.1, -0.05) is 29.3 Å². The highest BCUT2D eigenvalue weighted by molar-refractivity contribution is 6.35. The van der Waals surface area contributed by atoms with E-state index in [0.717, 1.165) is 5.69 Å². The molecule has 0 saturated heterocycles. The number of carbonyl (C=O) groups is 1. The van der Waals surface area contributed by atoms with E-state index in [0.29, 0.717) is 33.7 Å². The number of nitrogens with one attached hydrogen (secondary N) is 2. The van der Waals surface area contributed by atoms with Crippen molar-refractivity contribution in [2.24, 2.45) is 0 Å². The molecule has 0 aliphatic heterocycles. The molecule has 0 bridgehead atoms. The summed E-state index contributed by atoms with van der Waals surface area (Å²) in [5, 5.41) is 6.82. The Bertz CT molecular complexity index is 867. The number of hydrogen-bond donors (Lipinski definition) is 2. The van der Waals surface area contributed by atoms with Crippen molar-refractivity contribution in [3.05, 3.63) is 82.2 Å². The summed E-state index contributed by atoms with van der Waals surface area (Å²) in [4.78, 5) is 20.8. The molecular formula is C18H14Cl2N4O. The Labute approximate surface area is 155 Å². The van der Waals surface area contributed by atoms with Crippen LogP contribution in [0.3, 0.4) is 0 Å². The predicted octanol–water partition coefficient (Wildman–Crippen LogP) is 4.65. The molecule has 0 aliphatic carbocycles. The van der Waals surface area contributed by atoms with Crippen LogP contribution >= 0.6 is 23.2 Å². The third-order valence-corrected chi connectivity index (χ3v) is 3.76. The quantitative estimate of drug-likeness (QED) is 0.683. The van der Waals surface area contributed by atoms with Gasteiger partial charge < -0.3 is 10.6 Å². The molecule has 2 aromatic heterocycles. The summed E-state index contributed by atoms with van der Waals surface area (Å²) in [6.07, 6.45) is 3.30. The summed E-state index contributed by atoms with van der Waals surface area (Å²) in [6.45, 7) is 0.517. The SMILES string of the molecule is O=C(Nc1cc(Cl)cc(Cl)c1)c1ccnc(NCc2ccccn2)c1. The fourth-order valence-electron chi connectivity index (χ4n) is 2.18. The molecule has 25 heavy (non-hydrogen) atoms. The molecule has 0 radical (unpaired) electrons. The summed E-state index contributed by atoms with van der Waals surface area (Å²) in [7, 11) is 0. The van der Waals surface area contributed by atoms with Crippen LogP contribution in [0.15, 0.2) is 60.9 Å². The lowest BCUT2D eigenvalue weighted by Gasteiger charge is -2.09. The van der Waals surface area contributed by atoms with Crippen molar-refractivity contribution in [1.82, 2.24) is 9.97 Å². The predicted molar refractivity (Wildman–Crippen MR) is 100 cm³/mol. The Kier molecular flexibility index (Phi) is 5.48. The second-order valence-electron chi connectivity index (χ2n) is 5.22. The van der Waals surface area contributed by atoms with E-state index in [2.05, 4.69) is 20.6 Å². The number of amides is 1. The molecule has 0 aliphatic rings. The van der Waals surface area contributed by atoms with Gasteiger partial charge in [-0.05, 0) is 42.5 Å². The van der Waals surface area contributed by atoms with E-state index in [1.165, 1.54) is 0 Å². The van der Waals surface area contributed by atoms with Gasteiger partial charge in [-0.15, -0.1) is 0 Å². The topological polar surface area (TPSA) is 66.9 Å². The monoisotopic (exact) mass is 372 g/mol. The highest BCUT2D eigenvalue weighted by Gasteiger charge is 2.09. The first-order chi connectivity index (χ1) is 12.1. The third-order valence-electron chi connectivity index (χ3n) is 3.32. The summed E-state index contributed by atoms with van der Waals surface area (Å²) >= 11 is 11.9. The van der Waals surface area contributed by atoms with Crippen LogP contribution in [0.5, 0.6) is 0 Å². The minimum atomic E-state index is -0.276. The number of carbonyl (C=O) groups excluding carboxylic acids is 1. The molecule has 1 aromatic carbocycles. The molecule has 0 spiro atoms. The van der Waals surface area contributed by atoms with E-state index in [4.69, 9.17) is 23.2 Å². The lowest BCUT2D eigenvalue weighted by molar-refractivity contribution is 0.102. The second-order valence-corrected chi connectivity index (χ2v) is 6.09. The zero-order valence-corrected chi connectivity index (χ0v) is 14.6. The number of halogens is 2. The van der Waals surface area contributed by atoms with Gasteiger partial charge in [-0.25, -0.2) is 4.98 Å². The minimum absolute atomic E-state index is 0.276. The van der Waals surface area contributed by atoms with E-state index >= 15 is 0 Å². The van der Waals surface area contributed by atoms with Gasteiger partial charge in [0, 0.05) is 33.7 Å². The molecular weight excluding hydrogens is 359 g/mol. The van der Waals surface area contributed by atoms with Crippen molar-refractivity contribution in [2.45, 2.75) is 6.54 Å². The molecule has 3 rings (SSSR count). The molecule has 1 amide bonds. The van der Waals surface area contributed by atoms with E-state index in [-0.39, 0.29) is 5.91 Å². The van der Waals surface area contributed by atoms with Crippen LogP contribution < -0.4 is 10.6 Å². The lowest BCUT2D eigenvalue weighted by atomic mass is 10.2. The van der Waals surface area contributed by atoms with E-state index < -0.39 is 0 Å². The number of anilines is 2. The zero-order valence-electron chi connectivity index (χ0n) is 13.0. The molecule has 2 N–H and O–H groups in total.